The van der Waals surface area contributed by atoms with E-state index in [-0.39, 0.29) is 42.0 Å². The van der Waals surface area contributed by atoms with Crippen LogP contribution < -0.4 is 37.4 Å². The van der Waals surface area contributed by atoms with Crippen molar-refractivity contribution in [1.29, 1.82) is 0 Å². The zero-order valence-corrected chi connectivity index (χ0v) is 41.9. The Labute approximate surface area is 412 Å². The number of hydrazine groups is 1. The van der Waals surface area contributed by atoms with Gasteiger partial charge in [0.1, 0.15) is 36.0 Å². The van der Waals surface area contributed by atoms with Crippen molar-refractivity contribution in [2.45, 2.75) is 155 Å². The lowest BCUT2D eigenvalue weighted by Crippen LogP contribution is -2.57. The highest BCUT2D eigenvalue weighted by atomic mass is 16.4. The highest BCUT2D eigenvalue weighted by molar-refractivity contribution is 5.95. The van der Waals surface area contributed by atoms with E-state index in [1.807, 2.05) is 51.1 Å². The molecule has 388 valence electrons. The summed E-state index contributed by atoms with van der Waals surface area (Å²) in [5, 5.41) is 53.8. The number of amides is 6. The molecule has 1 aliphatic carbocycles. The van der Waals surface area contributed by atoms with Gasteiger partial charge in [0.25, 0.3) is 0 Å². The number of hydrogen-bond donors (Lipinski definition) is 11. The summed E-state index contributed by atoms with van der Waals surface area (Å²) in [5.41, 5.74) is 8.24. The van der Waals surface area contributed by atoms with Crippen molar-refractivity contribution in [3.63, 3.8) is 0 Å². The predicted molar refractivity (Wildman–Crippen MR) is 264 cm³/mol. The van der Waals surface area contributed by atoms with Crippen molar-refractivity contribution >= 4 is 47.1 Å². The van der Waals surface area contributed by atoms with E-state index in [1.165, 1.54) is 4.90 Å². The van der Waals surface area contributed by atoms with Crippen LogP contribution in [0.4, 0.5) is 5.69 Å². The van der Waals surface area contributed by atoms with Crippen molar-refractivity contribution in [2.75, 3.05) is 31.7 Å². The number of nitrogens with one attached hydrogen (secondary N) is 7. The third kappa shape index (κ3) is 16.1. The van der Waals surface area contributed by atoms with Crippen LogP contribution in [0.3, 0.4) is 0 Å². The Kier molecular flexibility index (Phi) is 21.9. The number of carbonyl (C=O) groups excluding carboxylic acids is 6. The fourth-order valence-corrected chi connectivity index (χ4v) is 9.17. The molecule has 2 aromatic rings. The van der Waals surface area contributed by atoms with Crippen LogP contribution in [0.2, 0.25) is 0 Å². The minimum atomic E-state index is -1.32. The van der Waals surface area contributed by atoms with Gasteiger partial charge in [-0.2, -0.15) is 0 Å². The maximum absolute atomic E-state index is 14.1. The van der Waals surface area contributed by atoms with E-state index in [1.54, 1.807) is 39.8 Å². The number of aliphatic hydroxyl groups is 2. The van der Waals surface area contributed by atoms with E-state index in [0.717, 1.165) is 17.5 Å². The van der Waals surface area contributed by atoms with Gasteiger partial charge in [0, 0.05) is 30.5 Å². The topological polar surface area (TPSA) is 288 Å². The molecule has 2 aliphatic rings. The molecule has 4 rings (SSSR count). The zero-order chi connectivity index (χ0) is 51.7. The molecule has 1 saturated carbocycles. The quantitative estimate of drug-likeness (QED) is 0.0478. The summed E-state index contributed by atoms with van der Waals surface area (Å²) in [6, 6.07) is 7.66. The van der Waals surface area contributed by atoms with E-state index in [0.29, 0.717) is 82.0 Å². The van der Waals surface area contributed by atoms with Crippen LogP contribution in [0.15, 0.2) is 42.5 Å². The number of anilines is 1. The number of rotatable bonds is 26. The van der Waals surface area contributed by atoms with Crippen molar-refractivity contribution in [2.24, 2.45) is 23.2 Å². The van der Waals surface area contributed by atoms with E-state index in [4.69, 9.17) is 0 Å². The van der Waals surface area contributed by atoms with Gasteiger partial charge in [0.15, 0.2) is 0 Å². The lowest BCUT2D eigenvalue weighted by Gasteiger charge is -2.37. The smallest absolute Gasteiger partial charge is 0.326 e. The number of likely N-dealkylation sites (tertiary alicyclic amines) is 1. The molecule has 0 radical (unpaired) electrons. The Morgan fingerprint density at radius 2 is 1.47 bits per heavy atom. The Morgan fingerprint density at radius 1 is 0.814 bits per heavy atom. The zero-order valence-electron chi connectivity index (χ0n) is 41.9. The van der Waals surface area contributed by atoms with Gasteiger partial charge in [0.2, 0.25) is 35.4 Å². The Morgan fingerprint density at radius 3 is 2.07 bits per heavy atom. The fourth-order valence-electron chi connectivity index (χ4n) is 9.17. The lowest BCUT2D eigenvalue weighted by molar-refractivity contribution is -0.144. The van der Waals surface area contributed by atoms with Gasteiger partial charge in [-0.15, -0.1) is 0 Å². The number of phenols is 1. The highest BCUT2D eigenvalue weighted by Crippen LogP contribution is 2.37. The van der Waals surface area contributed by atoms with Crippen molar-refractivity contribution in [3.05, 3.63) is 59.2 Å². The van der Waals surface area contributed by atoms with Gasteiger partial charge in [-0.3, -0.25) is 28.8 Å². The molecule has 6 atom stereocenters. The molecule has 2 aromatic carbocycles. The first kappa shape index (κ1) is 56.8. The molecule has 1 saturated heterocycles. The van der Waals surface area contributed by atoms with Crippen LogP contribution in [-0.4, -0.2) is 129 Å². The van der Waals surface area contributed by atoms with Gasteiger partial charge in [-0.1, -0.05) is 84.4 Å². The molecule has 2 fully saturated rings. The summed E-state index contributed by atoms with van der Waals surface area (Å²) < 4.78 is 0. The van der Waals surface area contributed by atoms with Crippen LogP contribution in [0.1, 0.15) is 116 Å². The molecule has 6 amide bonds. The summed E-state index contributed by atoms with van der Waals surface area (Å²) in [7, 11) is 0. The molecule has 1 heterocycles. The molecular weight excluding hydrogens is 901 g/mol. The monoisotopic (exact) mass is 979 g/mol. The first-order chi connectivity index (χ1) is 33.2. The van der Waals surface area contributed by atoms with Gasteiger partial charge in [0.05, 0.1) is 18.9 Å². The van der Waals surface area contributed by atoms with E-state index < -0.39 is 84.4 Å². The Balaban J connectivity index is 1.28. The number of aromatic hydroxyl groups is 1. The van der Waals surface area contributed by atoms with Crippen LogP contribution in [0.25, 0.3) is 0 Å². The minimum Gasteiger partial charge on any atom is -0.505 e. The van der Waals surface area contributed by atoms with Crippen LogP contribution in [-0.2, 0) is 46.4 Å². The van der Waals surface area contributed by atoms with Gasteiger partial charge < -0.3 is 57.3 Å². The third-order valence-corrected chi connectivity index (χ3v) is 13.5. The molecular formula is C51H78N8O11. The Bertz CT molecular complexity index is 2100. The maximum atomic E-state index is 14.1. The van der Waals surface area contributed by atoms with Gasteiger partial charge in [-0.05, 0) is 106 Å². The third-order valence-electron chi connectivity index (χ3n) is 13.5. The first-order valence-corrected chi connectivity index (χ1v) is 24.8. The number of nitrogens with zero attached hydrogens (tertiary/aromatic N) is 1. The standard InChI is InChI=1S/C51H78N8O11/c1-8-13-35(26-33-14-10-9-11-15-33)44(63)53-38(24-30(2)3)48(67)59-23-12-16-41(59)47(66)54-39(28-60)45(64)52-22-19-34-25-32(6)43(62)37(27-34)58-57-36-17-20-51(7,21-18-36)50(70)55-40(29-61)46(65)56-42(31(4)5)49(68)69/h9-11,14-15,25,27,30-31,35-36,38-42,57-58,60-62H,8,12-13,16-24,26,28-29H2,1-7H3,(H,52,64)(H,53,63)(H,54,66)(H,55,70)(H,56,65)(H,68,69)/t35-,36?,38-,39-,40-,41?,42-,51?/m0/s1. The first-order valence-electron chi connectivity index (χ1n) is 24.8. The van der Waals surface area contributed by atoms with E-state index >= 15 is 0 Å². The molecule has 0 bridgehead atoms. The fraction of sp³-hybridized carbons (Fsp3) is 0.627. The summed E-state index contributed by atoms with van der Waals surface area (Å²) in [6.45, 7) is 11.8. The van der Waals surface area contributed by atoms with Gasteiger partial charge >= 0.3 is 5.97 Å². The molecule has 1 aliphatic heterocycles. The lowest BCUT2D eigenvalue weighted by atomic mass is 9.73. The molecule has 70 heavy (non-hydrogen) atoms. The van der Waals surface area contributed by atoms with E-state index in [2.05, 4.69) is 37.4 Å². The average molecular weight is 979 g/mol. The number of aliphatic hydroxyl groups excluding tert-OH is 2. The van der Waals surface area contributed by atoms with Crippen LogP contribution >= 0.6 is 0 Å². The van der Waals surface area contributed by atoms with E-state index in [9.17, 15) is 54.0 Å². The largest absolute Gasteiger partial charge is 0.505 e. The van der Waals surface area contributed by atoms with Gasteiger partial charge in [-0.25, -0.2) is 10.2 Å². The summed E-state index contributed by atoms with van der Waals surface area (Å²) in [6.07, 6.45) is 5.61. The normalized spacial score (nSPS) is 20.1. The number of phenolic OH excluding ortho intramolecular Hbond substituents is 1. The predicted octanol–water partition coefficient (Wildman–Crippen LogP) is 2.59. The maximum Gasteiger partial charge on any atom is 0.326 e. The molecule has 1 unspecified atom stereocenters. The number of benzene rings is 2. The second-order valence-electron chi connectivity index (χ2n) is 20.0. The number of hydrogen-bond acceptors (Lipinski definition) is 12. The number of carboxylic acid groups (broad SMARTS) is 1. The minimum absolute atomic E-state index is 0.0142. The summed E-state index contributed by atoms with van der Waals surface area (Å²) >= 11 is 0. The summed E-state index contributed by atoms with van der Waals surface area (Å²) in [5.74, 6) is -4.82. The SMILES string of the molecule is CCC[C@@H](Cc1ccccc1)C(=O)N[C@@H](CC(C)C)C(=O)N1CCCC1C(=O)N[C@@H](CO)C(=O)NCCc1cc(C)c(O)c(NNC2CCC(C)(C(=O)N[C@@H](CO)C(=O)N[C@H](C(=O)O)C(C)C)CC2)c1. The van der Waals surface area contributed by atoms with Crippen molar-refractivity contribution in [1.82, 2.24) is 36.9 Å². The highest BCUT2D eigenvalue weighted by Gasteiger charge is 2.41. The Hall–Kier alpha value is -5.79. The van der Waals surface area contributed by atoms with Crippen LogP contribution in [0, 0.1) is 30.1 Å². The summed E-state index contributed by atoms with van der Waals surface area (Å²) in [4.78, 5) is 94.0. The second-order valence-corrected chi connectivity index (χ2v) is 20.0. The number of carboxylic acids is 1. The van der Waals surface area contributed by atoms with Crippen molar-refractivity contribution in [3.8, 4) is 5.75 Å². The molecule has 19 nitrogen and oxygen atoms in total. The number of carbonyl (C=O) groups is 7. The van der Waals surface area contributed by atoms with Crippen LogP contribution in [0.5, 0.6) is 5.75 Å². The molecule has 0 aromatic heterocycles. The average Bonchev–Trinajstić information content (AvgIpc) is 3.82. The second kappa shape index (κ2) is 27.0. The molecule has 11 N–H and O–H groups in total. The number of aliphatic carboxylic acids is 1. The molecule has 0 spiro atoms. The molecule has 19 heteroatoms. The van der Waals surface area contributed by atoms with Crippen molar-refractivity contribution < 1.29 is 54.0 Å². The number of aryl methyl sites for hydroxylation is 1.